The van der Waals surface area contributed by atoms with Gasteiger partial charge in [0.2, 0.25) is 0 Å². The van der Waals surface area contributed by atoms with Crippen molar-refractivity contribution in [2.75, 3.05) is 39.1 Å². The van der Waals surface area contributed by atoms with Gasteiger partial charge in [-0.25, -0.2) is 9.78 Å². The third-order valence-corrected chi connectivity index (χ3v) is 4.03. The number of anilines is 1. The van der Waals surface area contributed by atoms with Crippen LogP contribution in [0.2, 0.25) is 0 Å². The minimum Gasteiger partial charge on any atom is -0.355 e. The lowest BCUT2D eigenvalue weighted by molar-refractivity contribution is -0.137. The topological polar surface area (TPSA) is 39.7 Å². The van der Waals surface area contributed by atoms with E-state index in [4.69, 9.17) is 0 Å². The van der Waals surface area contributed by atoms with Crippen LogP contribution in [0.3, 0.4) is 0 Å². The number of pyridine rings is 1. The van der Waals surface area contributed by atoms with Gasteiger partial charge in [-0.2, -0.15) is 13.2 Å². The van der Waals surface area contributed by atoms with Gasteiger partial charge in [0.25, 0.3) is 0 Å². The van der Waals surface area contributed by atoms with Gasteiger partial charge in [-0.05, 0) is 25.0 Å². The van der Waals surface area contributed by atoms with E-state index in [2.05, 4.69) is 4.98 Å². The fourth-order valence-corrected chi connectivity index (χ4v) is 2.69. The zero-order chi connectivity index (χ0) is 17.2. The van der Waals surface area contributed by atoms with E-state index in [1.165, 1.54) is 11.0 Å². The summed E-state index contributed by atoms with van der Waals surface area (Å²) >= 11 is 0. The molecule has 2 rings (SSSR count). The van der Waals surface area contributed by atoms with Crippen LogP contribution in [-0.2, 0) is 6.18 Å². The van der Waals surface area contributed by atoms with Crippen molar-refractivity contribution in [3.63, 3.8) is 0 Å². The van der Waals surface area contributed by atoms with Gasteiger partial charge in [-0.1, -0.05) is 0 Å². The molecule has 0 saturated carbocycles. The monoisotopic (exact) mass is 330 g/mol. The number of aromatic nitrogens is 1. The highest BCUT2D eigenvalue weighted by molar-refractivity contribution is 5.74. The van der Waals surface area contributed by atoms with Crippen molar-refractivity contribution >= 4 is 11.8 Å². The quantitative estimate of drug-likeness (QED) is 0.837. The van der Waals surface area contributed by atoms with Crippen LogP contribution in [-0.4, -0.2) is 61.1 Å². The first kappa shape index (κ1) is 17.4. The van der Waals surface area contributed by atoms with E-state index in [0.29, 0.717) is 12.4 Å². The van der Waals surface area contributed by atoms with E-state index in [9.17, 15) is 18.0 Å². The number of halogens is 3. The molecule has 23 heavy (non-hydrogen) atoms. The Morgan fingerprint density at radius 2 is 2.00 bits per heavy atom. The van der Waals surface area contributed by atoms with Crippen LogP contribution in [0.1, 0.15) is 18.4 Å². The largest absolute Gasteiger partial charge is 0.417 e. The van der Waals surface area contributed by atoms with Crippen LogP contribution in [0, 0.1) is 0 Å². The number of alkyl halides is 3. The fraction of sp³-hybridized carbons (Fsp3) is 0.600. The lowest BCUT2D eigenvalue weighted by atomic mass is 10.0. The van der Waals surface area contributed by atoms with E-state index in [-0.39, 0.29) is 12.1 Å². The van der Waals surface area contributed by atoms with Crippen molar-refractivity contribution in [2.24, 2.45) is 0 Å². The van der Waals surface area contributed by atoms with Gasteiger partial charge in [-0.15, -0.1) is 0 Å². The smallest absolute Gasteiger partial charge is 0.355 e. The molecule has 1 saturated heterocycles. The van der Waals surface area contributed by atoms with Gasteiger partial charge in [0.1, 0.15) is 5.82 Å². The molecule has 0 bridgehead atoms. The lowest BCUT2D eigenvalue weighted by Crippen LogP contribution is -2.51. The Hall–Kier alpha value is -1.99. The molecule has 1 aliphatic rings. The molecule has 1 fully saturated rings. The number of nitrogens with zero attached hydrogens (tertiary/aromatic N) is 4. The number of urea groups is 1. The van der Waals surface area contributed by atoms with Crippen molar-refractivity contribution in [3.8, 4) is 0 Å². The second-order valence-corrected chi connectivity index (χ2v) is 5.93. The van der Waals surface area contributed by atoms with Gasteiger partial charge < -0.3 is 14.7 Å². The summed E-state index contributed by atoms with van der Waals surface area (Å²) in [5.41, 5.74) is -0.755. The Morgan fingerprint density at radius 3 is 2.52 bits per heavy atom. The number of amides is 2. The molecule has 0 N–H and O–H groups in total. The van der Waals surface area contributed by atoms with Crippen molar-refractivity contribution in [1.29, 1.82) is 0 Å². The molecule has 0 radical (unpaired) electrons. The normalized spacial score (nSPS) is 18.7. The molecule has 1 aliphatic heterocycles. The van der Waals surface area contributed by atoms with Crippen molar-refractivity contribution in [3.05, 3.63) is 23.9 Å². The first-order chi connectivity index (χ1) is 10.7. The summed E-state index contributed by atoms with van der Waals surface area (Å²) in [4.78, 5) is 21.1. The molecule has 128 valence electrons. The molecule has 8 heteroatoms. The highest BCUT2D eigenvalue weighted by Gasteiger charge is 2.32. The summed E-state index contributed by atoms with van der Waals surface area (Å²) in [5, 5.41) is 0. The van der Waals surface area contributed by atoms with Gasteiger partial charge in [-0.3, -0.25) is 0 Å². The van der Waals surface area contributed by atoms with E-state index < -0.39 is 11.7 Å². The molecule has 1 aromatic heterocycles. The molecule has 5 nitrogen and oxygen atoms in total. The number of rotatable bonds is 2. The molecule has 1 unspecified atom stereocenters. The summed E-state index contributed by atoms with van der Waals surface area (Å²) < 4.78 is 37.8. The predicted molar refractivity (Wildman–Crippen MR) is 81.3 cm³/mol. The molecule has 0 aromatic carbocycles. The molecule has 0 aliphatic carbocycles. The molecule has 1 aromatic rings. The zero-order valence-corrected chi connectivity index (χ0v) is 13.5. The highest BCUT2D eigenvalue weighted by Crippen LogP contribution is 2.30. The first-order valence-corrected chi connectivity index (χ1v) is 7.42. The number of likely N-dealkylation sites (N-methyl/N-ethyl adjacent to an activating group) is 1. The Bertz CT molecular complexity index is 545. The minimum absolute atomic E-state index is 0.0164. The van der Waals surface area contributed by atoms with Crippen molar-refractivity contribution in [2.45, 2.75) is 25.1 Å². The highest BCUT2D eigenvalue weighted by atomic mass is 19.4. The molecule has 2 amide bonds. The second-order valence-electron chi connectivity index (χ2n) is 5.93. The maximum atomic E-state index is 12.6. The van der Waals surface area contributed by atoms with Crippen LogP contribution in [0.25, 0.3) is 0 Å². The van der Waals surface area contributed by atoms with Crippen LogP contribution in [0.15, 0.2) is 18.3 Å². The Morgan fingerprint density at radius 1 is 1.30 bits per heavy atom. The van der Waals surface area contributed by atoms with Crippen molar-refractivity contribution in [1.82, 2.24) is 14.8 Å². The maximum Gasteiger partial charge on any atom is 0.417 e. The predicted octanol–water partition coefficient (Wildman–Crippen LogP) is 2.68. The zero-order valence-electron chi connectivity index (χ0n) is 13.5. The summed E-state index contributed by atoms with van der Waals surface area (Å²) in [7, 11) is 5.13. The lowest BCUT2D eigenvalue weighted by Gasteiger charge is -2.39. The van der Waals surface area contributed by atoms with Gasteiger partial charge in [0.15, 0.2) is 0 Å². The van der Waals surface area contributed by atoms with Crippen LogP contribution < -0.4 is 4.90 Å². The Balaban J connectivity index is 2.08. The van der Waals surface area contributed by atoms with Crippen LogP contribution >= 0.6 is 0 Å². The average molecular weight is 330 g/mol. The summed E-state index contributed by atoms with van der Waals surface area (Å²) in [6.45, 7) is 1.29. The average Bonchev–Trinajstić information content (AvgIpc) is 2.52. The minimum atomic E-state index is -4.38. The molecule has 2 heterocycles. The first-order valence-electron chi connectivity index (χ1n) is 7.42. The van der Waals surface area contributed by atoms with Gasteiger partial charge >= 0.3 is 12.2 Å². The number of carbonyl (C=O) groups excluding carboxylic acids is 1. The van der Waals surface area contributed by atoms with Gasteiger partial charge in [0.05, 0.1) is 11.6 Å². The van der Waals surface area contributed by atoms with E-state index in [1.54, 1.807) is 26.0 Å². The van der Waals surface area contributed by atoms with E-state index >= 15 is 0 Å². The molecule has 0 spiro atoms. The molecule has 1 atom stereocenters. The maximum absolute atomic E-state index is 12.6. The fourth-order valence-electron chi connectivity index (χ4n) is 2.69. The standard InChI is InChI=1S/C15H21F3N4O/c1-20(2)14(23)21(3)12-5-4-8-22(10-12)13-7-6-11(9-19-13)15(16,17)18/h6-7,9,12H,4-5,8,10H2,1-3H3. The molecular formula is C15H21F3N4O. The van der Waals surface area contributed by atoms with E-state index in [1.807, 2.05) is 4.90 Å². The Kier molecular flexibility index (Phi) is 5.01. The number of carbonyl (C=O) groups is 1. The number of piperidine rings is 1. The third kappa shape index (κ3) is 4.05. The SMILES string of the molecule is CN(C)C(=O)N(C)C1CCCN(c2ccc(C(F)(F)F)cn2)C1. The second kappa shape index (κ2) is 6.64. The van der Waals surface area contributed by atoms with Crippen molar-refractivity contribution < 1.29 is 18.0 Å². The third-order valence-electron chi connectivity index (χ3n) is 4.03. The van der Waals surface area contributed by atoms with E-state index in [0.717, 1.165) is 31.6 Å². The van der Waals surface area contributed by atoms with Gasteiger partial charge in [0, 0.05) is 40.4 Å². The molecular weight excluding hydrogens is 309 g/mol. The van der Waals surface area contributed by atoms with Crippen LogP contribution in [0.5, 0.6) is 0 Å². The Labute approximate surface area is 133 Å². The summed E-state index contributed by atoms with van der Waals surface area (Å²) in [5.74, 6) is 0.508. The van der Waals surface area contributed by atoms with Crippen LogP contribution in [0.4, 0.5) is 23.8 Å². The number of hydrogen-bond acceptors (Lipinski definition) is 3. The summed E-state index contributed by atoms with van der Waals surface area (Å²) in [6, 6.07) is 2.36. The summed E-state index contributed by atoms with van der Waals surface area (Å²) in [6.07, 6.45) is -1.80. The number of hydrogen-bond donors (Lipinski definition) is 0.